The topological polar surface area (TPSA) is 33.5 Å². The van der Waals surface area contributed by atoms with Gasteiger partial charge in [-0.05, 0) is 24.1 Å². The van der Waals surface area contributed by atoms with Gasteiger partial charge in [0.05, 0.1) is 18.5 Å². The van der Waals surface area contributed by atoms with Crippen LogP contribution in [0.25, 0.3) is 0 Å². The van der Waals surface area contributed by atoms with Crippen LogP contribution in [0.3, 0.4) is 0 Å². The van der Waals surface area contributed by atoms with Crippen LogP contribution < -0.4 is 10.2 Å². The smallest absolute Gasteiger partial charge is 0.148 e. The van der Waals surface area contributed by atoms with Gasteiger partial charge in [-0.15, -0.1) is 0 Å². The average molecular weight is 293 g/mol. The van der Waals surface area contributed by atoms with Crippen molar-refractivity contribution in [2.75, 3.05) is 18.4 Å². The molecule has 2 saturated heterocycles. The number of fused-ring (bicyclic) bond motifs is 2. The average Bonchev–Trinajstić information content (AvgIpc) is 3.11. The van der Waals surface area contributed by atoms with Crippen LogP contribution in [-0.4, -0.2) is 25.4 Å². The van der Waals surface area contributed by atoms with E-state index in [1.165, 1.54) is 29.1 Å². The molecule has 5 rings (SSSR count). The van der Waals surface area contributed by atoms with Crippen LogP contribution in [-0.2, 0) is 10.2 Å². The van der Waals surface area contributed by atoms with Crippen LogP contribution in [0.5, 0.6) is 0 Å². The van der Waals surface area contributed by atoms with Crippen molar-refractivity contribution in [1.29, 1.82) is 0 Å². The Morgan fingerprint density at radius 3 is 3.05 bits per heavy atom. The highest BCUT2D eigenvalue weighted by Gasteiger charge is 2.63. The van der Waals surface area contributed by atoms with Gasteiger partial charge < -0.3 is 10.2 Å². The number of benzene rings is 1. The second-order valence-electron chi connectivity index (χ2n) is 7.13. The van der Waals surface area contributed by atoms with Gasteiger partial charge in [-0.1, -0.05) is 24.3 Å². The summed E-state index contributed by atoms with van der Waals surface area (Å²) in [6, 6.07) is 9.28. The van der Waals surface area contributed by atoms with Crippen molar-refractivity contribution in [3.63, 3.8) is 0 Å². The molecule has 2 fully saturated rings. The molecule has 0 saturated carbocycles. The van der Waals surface area contributed by atoms with Gasteiger partial charge in [-0.2, -0.15) is 0 Å². The van der Waals surface area contributed by atoms with Gasteiger partial charge in [-0.25, -0.2) is 0 Å². The van der Waals surface area contributed by atoms with Gasteiger partial charge >= 0.3 is 0 Å². The molecule has 1 spiro atoms. The van der Waals surface area contributed by atoms with E-state index in [-0.39, 0.29) is 5.41 Å². The largest absolute Gasteiger partial charge is 0.357 e. The maximum atomic E-state index is 12.0. The summed E-state index contributed by atoms with van der Waals surface area (Å²) in [6.45, 7) is 4.44. The molecule has 22 heavy (non-hydrogen) atoms. The molecule has 4 aliphatic rings. The zero-order chi connectivity index (χ0) is 14.9. The summed E-state index contributed by atoms with van der Waals surface area (Å²) in [5.74, 6) is 0.333. The highest BCUT2D eigenvalue weighted by Crippen LogP contribution is 2.56. The zero-order valence-corrected chi connectivity index (χ0v) is 12.9. The Labute approximate surface area is 130 Å². The minimum atomic E-state index is 0.0674. The first kappa shape index (κ1) is 12.7. The Balaban J connectivity index is 1.83. The molecule has 1 aliphatic carbocycles. The van der Waals surface area contributed by atoms with Crippen LogP contribution in [0.2, 0.25) is 0 Å². The van der Waals surface area contributed by atoms with Gasteiger partial charge in [0.1, 0.15) is 12.3 Å². The standard InChI is InChI=1S/C19H20N2O/c1-2-12-10-21-8-7-19-15-5-3-4-6-16(15)20-18(19)14(11-22)13(12)9-17(19)21/h2-6,11,13,17,20H,7-10H2,1H3/p+1/b12-2+/t13-,17-,19-/m0/s1. The van der Waals surface area contributed by atoms with Crippen molar-refractivity contribution >= 4 is 12.0 Å². The lowest BCUT2D eigenvalue weighted by molar-refractivity contribution is -0.914. The first-order valence-corrected chi connectivity index (χ1v) is 8.35. The van der Waals surface area contributed by atoms with Crippen molar-refractivity contribution in [2.45, 2.75) is 31.2 Å². The Morgan fingerprint density at radius 2 is 2.23 bits per heavy atom. The van der Waals surface area contributed by atoms with E-state index in [9.17, 15) is 4.79 Å². The Bertz CT molecular complexity index is 748. The fraction of sp³-hybridized carbons (Fsp3) is 0.421. The van der Waals surface area contributed by atoms with E-state index < -0.39 is 0 Å². The summed E-state index contributed by atoms with van der Waals surface area (Å²) in [5, 5.41) is 3.64. The van der Waals surface area contributed by atoms with E-state index >= 15 is 0 Å². The van der Waals surface area contributed by atoms with E-state index in [2.05, 4.69) is 42.6 Å². The number of para-hydroxylation sites is 1. The number of anilines is 1. The maximum Gasteiger partial charge on any atom is 0.148 e. The Kier molecular flexibility index (Phi) is 2.36. The molecular formula is C19H21N2O+. The van der Waals surface area contributed by atoms with Crippen LogP contribution >= 0.6 is 0 Å². The Hall–Kier alpha value is -1.87. The molecule has 3 nitrogen and oxygen atoms in total. The molecule has 4 atom stereocenters. The van der Waals surface area contributed by atoms with Crippen molar-refractivity contribution in [3.05, 3.63) is 52.7 Å². The van der Waals surface area contributed by atoms with Gasteiger partial charge in [0, 0.05) is 35.7 Å². The van der Waals surface area contributed by atoms with Crippen LogP contribution in [0, 0.1) is 5.92 Å². The molecule has 3 heteroatoms. The quantitative estimate of drug-likeness (QED) is 0.607. The van der Waals surface area contributed by atoms with Gasteiger partial charge in [-0.3, -0.25) is 4.79 Å². The van der Waals surface area contributed by atoms with Crippen molar-refractivity contribution < 1.29 is 9.69 Å². The number of piperidine rings is 1. The number of aldehydes is 1. The third-order valence-electron chi connectivity index (χ3n) is 6.55. The number of rotatable bonds is 1. The predicted octanol–water partition coefficient (Wildman–Crippen LogP) is 1.44. The minimum absolute atomic E-state index is 0.0674. The third-order valence-corrected chi connectivity index (χ3v) is 6.55. The third kappa shape index (κ3) is 1.25. The van der Waals surface area contributed by atoms with Crippen LogP contribution in [0.4, 0.5) is 5.69 Å². The SMILES string of the molecule is C/C=C1\C[NH+]2CC[C@@]34C(=C(C=O)[C@H]1C[C@H]23)Nc1ccccc14. The highest BCUT2D eigenvalue weighted by molar-refractivity contribution is 5.84. The summed E-state index contributed by atoms with van der Waals surface area (Å²) >= 11 is 0. The number of hydrogen-bond donors (Lipinski definition) is 2. The second-order valence-corrected chi connectivity index (χ2v) is 7.13. The highest BCUT2D eigenvalue weighted by atomic mass is 16.1. The molecule has 2 N–H and O–H groups in total. The molecule has 1 aromatic carbocycles. The molecule has 0 radical (unpaired) electrons. The van der Waals surface area contributed by atoms with Crippen LogP contribution in [0.1, 0.15) is 25.3 Å². The van der Waals surface area contributed by atoms with Gasteiger partial charge in [0.25, 0.3) is 0 Å². The summed E-state index contributed by atoms with van der Waals surface area (Å²) < 4.78 is 0. The molecule has 1 unspecified atom stereocenters. The molecule has 0 amide bonds. The van der Waals surface area contributed by atoms with Crippen LogP contribution in [0.15, 0.2) is 47.2 Å². The summed E-state index contributed by atoms with van der Waals surface area (Å²) in [6.07, 6.45) is 5.66. The molecule has 3 heterocycles. The number of nitrogens with one attached hydrogen (secondary N) is 2. The number of hydrogen-bond acceptors (Lipinski definition) is 2. The predicted molar refractivity (Wildman–Crippen MR) is 85.8 cm³/mol. The monoisotopic (exact) mass is 293 g/mol. The number of carbonyl (C=O) groups excluding carboxylic acids is 1. The molecule has 1 aromatic rings. The fourth-order valence-electron chi connectivity index (χ4n) is 5.67. The lowest BCUT2D eigenvalue weighted by Gasteiger charge is -2.45. The van der Waals surface area contributed by atoms with E-state index in [4.69, 9.17) is 0 Å². The summed E-state index contributed by atoms with van der Waals surface area (Å²) in [4.78, 5) is 13.7. The van der Waals surface area contributed by atoms with Crippen molar-refractivity contribution in [2.24, 2.45) is 5.92 Å². The molecule has 0 aromatic heterocycles. The summed E-state index contributed by atoms with van der Waals surface area (Å²) in [7, 11) is 0. The lowest BCUT2D eigenvalue weighted by Crippen LogP contribution is -3.16. The number of carbonyl (C=O) groups is 1. The second kappa shape index (κ2) is 4.11. The van der Waals surface area contributed by atoms with Gasteiger partial charge in [0.15, 0.2) is 0 Å². The summed E-state index contributed by atoms with van der Waals surface area (Å²) in [5.41, 5.74) is 6.40. The lowest BCUT2D eigenvalue weighted by atomic mass is 9.62. The van der Waals surface area contributed by atoms with E-state index in [1.807, 2.05) is 0 Å². The van der Waals surface area contributed by atoms with E-state index in [0.29, 0.717) is 12.0 Å². The number of quaternary nitrogens is 1. The first-order chi connectivity index (χ1) is 10.8. The van der Waals surface area contributed by atoms with E-state index in [1.54, 1.807) is 4.90 Å². The number of allylic oxidation sites excluding steroid dienone is 2. The normalized spacial score (nSPS) is 39.5. The molecular weight excluding hydrogens is 272 g/mol. The van der Waals surface area contributed by atoms with Gasteiger partial charge in [0.2, 0.25) is 0 Å². The van der Waals surface area contributed by atoms with E-state index in [0.717, 1.165) is 31.2 Å². The van der Waals surface area contributed by atoms with Crippen molar-refractivity contribution in [1.82, 2.24) is 0 Å². The fourth-order valence-corrected chi connectivity index (χ4v) is 5.67. The molecule has 2 bridgehead atoms. The molecule has 3 aliphatic heterocycles. The van der Waals surface area contributed by atoms with Crippen molar-refractivity contribution in [3.8, 4) is 0 Å². The minimum Gasteiger partial charge on any atom is -0.357 e. The molecule has 112 valence electrons. The zero-order valence-electron chi connectivity index (χ0n) is 12.9. The Morgan fingerprint density at radius 1 is 1.36 bits per heavy atom. The first-order valence-electron chi connectivity index (χ1n) is 8.35. The maximum absolute atomic E-state index is 12.0.